The summed E-state index contributed by atoms with van der Waals surface area (Å²) in [6.45, 7) is 5.08. The molecule has 0 aliphatic carbocycles. The van der Waals surface area contributed by atoms with Crippen LogP contribution < -0.4 is 10.4 Å². The van der Waals surface area contributed by atoms with Gasteiger partial charge in [0.05, 0.1) is 17.7 Å². The molecule has 1 N–H and O–H groups in total. The van der Waals surface area contributed by atoms with Gasteiger partial charge in [-0.1, -0.05) is 0 Å². The van der Waals surface area contributed by atoms with E-state index in [-0.39, 0.29) is 30.1 Å². The van der Waals surface area contributed by atoms with Gasteiger partial charge in [-0.25, -0.2) is 9.59 Å². The molecule has 0 radical (unpaired) electrons. The normalized spacial score (nSPS) is 10.8. The van der Waals surface area contributed by atoms with E-state index in [1.807, 2.05) is 0 Å². The summed E-state index contributed by atoms with van der Waals surface area (Å²) in [5.74, 6) is -0.516. The summed E-state index contributed by atoms with van der Waals surface area (Å²) in [6, 6.07) is 7.93. The van der Waals surface area contributed by atoms with Gasteiger partial charge in [-0.2, -0.15) is 0 Å². The molecule has 0 bridgehead atoms. The first-order valence-corrected chi connectivity index (χ1v) is 8.47. The minimum atomic E-state index is -0.546. The minimum absolute atomic E-state index is 0.217. The standard InChI is InChI=1S/C20H19NO6/c1-4-25-20(24)19-12(3)21-11(2)18(19)15(22)10-26-14-7-5-13-6-8-17(23)27-16(13)9-14/h5-9,21H,4,10H2,1-3H3. The number of hydrogen-bond acceptors (Lipinski definition) is 6. The van der Waals surface area contributed by atoms with Gasteiger partial charge in [-0.15, -0.1) is 0 Å². The molecule has 0 unspecified atom stereocenters. The van der Waals surface area contributed by atoms with Crippen LogP contribution in [0.5, 0.6) is 5.75 Å². The predicted octanol–water partition coefficient (Wildman–Crippen LogP) is 3.18. The van der Waals surface area contributed by atoms with Gasteiger partial charge < -0.3 is 18.9 Å². The van der Waals surface area contributed by atoms with Crippen LogP contribution in [0.1, 0.15) is 39.0 Å². The number of ketones is 1. The van der Waals surface area contributed by atoms with Crippen molar-refractivity contribution in [2.24, 2.45) is 0 Å². The van der Waals surface area contributed by atoms with E-state index in [0.29, 0.717) is 22.7 Å². The molecule has 1 aromatic carbocycles. The highest BCUT2D eigenvalue weighted by molar-refractivity contribution is 6.08. The van der Waals surface area contributed by atoms with Gasteiger partial charge in [-0.05, 0) is 39.0 Å². The Morgan fingerprint density at radius 2 is 1.78 bits per heavy atom. The van der Waals surface area contributed by atoms with Gasteiger partial charge in [-0.3, -0.25) is 4.79 Å². The van der Waals surface area contributed by atoms with Crippen LogP contribution in [-0.4, -0.2) is 30.0 Å². The van der Waals surface area contributed by atoms with E-state index in [1.165, 1.54) is 6.07 Å². The van der Waals surface area contributed by atoms with Gasteiger partial charge in [0.25, 0.3) is 0 Å². The van der Waals surface area contributed by atoms with E-state index < -0.39 is 11.6 Å². The lowest BCUT2D eigenvalue weighted by atomic mass is 10.1. The maximum absolute atomic E-state index is 12.7. The third-order valence-corrected chi connectivity index (χ3v) is 4.10. The zero-order chi connectivity index (χ0) is 19.6. The number of nitrogens with one attached hydrogen (secondary N) is 1. The molecule has 3 rings (SSSR count). The molecule has 0 fully saturated rings. The number of esters is 1. The first-order chi connectivity index (χ1) is 12.9. The smallest absolute Gasteiger partial charge is 0.340 e. The molecule has 0 aliphatic rings. The molecule has 7 nitrogen and oxygen atoms in total. The lowest BCUT2D eigenvalue weighted by molar-refractivity contribution is 0.0522. The second-order valence-electron chi connectivity index (χ2n) is 6.01. The highest BCUT2D eigenvalue weighted by atomic mass is 16.5. The number of aromatic amines is 1. The lowest BCUT2D eigenvalue weighted by Gasteiger charge is -2.08. The van der Waals surface area contributed by atoms with E-state index in [2.05, 4.69) is 4.98 Å². The summed E-state index contributed by atoms with van der Waals surface area (Å²) >= 11 is 0. The summed E-state index contributed by atoms with van der Waals surface area (Å²) in [5.41, 5.74) is 1.54. The maximum Gasteiger partial charge on any atom is 0.340 e. The van der Waals surface area contributed by atoms with E-state index in [1.54, 1.807) is 45.0 Å². The zero-order valence-electron chi connectivity index (χ0n) is 15.3. The quantitative estimate of drug-likeness (QED) is 0.407. The SMILES string of the molecule is CCOC(=O)c1c(C)[nH]c(C)c1C(=O)COc1ccc2ccc(=O)oc2c1. The Morgan fingerprint density at radius 1 is 1.07 bits per heavy atom. The largest absolute Gasteiger partial charge is 0.485 e. The average Bonchev–Trinajstić information content (AvgIpc) is 2.93. The Hall–Kier alpha value is -3.35. The molecule has 0 saturated carbocycles. The number of carbonyl (C=O) groups is 2. The van der Waals surface area contributed by atoms with Gasteiger partial charge in [0.2, 0.25) is 5.78 Å². The number of rotatable bonds is 6. The molecular formula is C20H19NO6. The van der Waals surface area contributed by atoms with Gasteiger partial charge in [0, 0.05) is 28.9 Å². The lowest BCUT2D eigenvalue weighted by Crippen LogP contribution is -2.17. The Kier molecular flexibility index (Phi) is 5.12. The van der Waals surface area contributed by atoms with Crippen LogP contribution in [0.2, 0.25) is 0 Å². The maximum atomic E-state index is 12.7. The van der Waals surface area contributed by atoms with Crippen molar-refractivity contribution in [2.75, 3.05) is 13.2 Å². The molecule has 0 aliphatic heterocycles. The van der Waals surface area contributed by atoms with Crippen molar-refractivity contribution in [3.8, 4) is 5.75 Å². The fourth-order valence-electron chi connectivity index (χ4n) is 2.94. The fourth-order valence-corrected chi connectivity index (χ4v) is 2.94. The number of ether oxygens (including phenoxy) is 2. The Labute approximate surface area is 154 Å². The topological polar surface area (TPSA) is 98.6 Å². The van der Waals surface area contributed by atoms with Crippen molar-refractivity contribution in [3.05, 3.63) is 63.3 Å². The van der Waals surface area contributed by atoms with Crippen LogP contribution in [0.4, 0.5) is 0 Å². The number of fused-ring (bicyclic) bond motifs is 1. The van der Waals surface area contributed by atoms with Crippen LogP contribution in [0.15, 0.2) is 39.5 Å². The fraction of sp³-hybridized carbons (Fsp3) is 0.250. The van der Waals surface area contributed by atoms with E-state index in [4.69, 9.17) is 13.9 Å². The molecule has 140 valence electrons. The Morgan fingerprint density at radius 3 is 2.52 bits per heavy atom. The zero-order valence-corrected chi connectivity index (χ0v) is 15.3. The number of aryl methyl sites for hydroxylation is 2. The Bertz CT molecular complexity index is 1080. The first kappa shape index (κ1) is 18.4. The molecular weight excluding hydrogens is 350 g/mol. The highest BCUT2D eigenvalue weighted by Gasteiger charge is 2.25. The van der Waals surface area contributed by atoms with Crippen LogP contribution in [0.25, 0.3) is 11.0 Å². The van der Waals surface area contributed by atoms with Crippen molar-refractivity contribution in [3.63, 3.8) is 0 Å². The molecule has 3 aromatic rings. The minimum Gasteiger partial charge on any atom is -0.485 e. The van der Waals surface area contributed by atoms with Gasteiger partial charge >= 0.3 is 11.6 Å². The molecule has 0 amide bonds. The van der Waals surface area contributed by atoms with Crippen LogP contribution in [-0.2, 0) is 4.74 Å². The third-order valence-electron chi connectivity index (χ3n) is 4.10. The van der Waals surface area contributed by atoms with Crippen LogP contribution >= 0.6 is 0 Å². The number of carbonyl (C=O) groups excluding carboxylic acids is 2. The summed E-state index contributed by atoms with van der Waals surface area (Å²) in [4.78, 5) is 39.2. The number of aromatic nitrogens is 1. The molecule has 0 atom stereocenters. The second-order valence-corrected chi connectivity index (χ2v) is 6.01. The monoisotopic (exact) mass is 369 g/mol. The van der Waals surface area contributed by atoms with Crippen molar-refractivity contribution in [2.45, 2.75) is 20.8 Å². The van der Waals surface area contributed by atoms with E-state index in [9.17, 15) is 14.4 Å². The highest BCUT2D eigenvalue weighted by Crippen LogP contribution is 2.22. The number of benzene rings is 1. The van der Waals surface area contributed by atoms with Crippen molar-refractivity contribution < 1.29 is 23.5 Å². The summed E-state index contributed by atoms with van der Waals surface area (Å²) in [7, 11) is 0. The molecule has 2 heterocycles. The molecule has 7 heteroatoms. The number of Topliss-reactive ketones (excluding diaryl/α,β-unsaturated/α-hetero) is 1. The number of hydrogen-bond donors (Lipinski definition) is 1. The van der Waals surface area contributed by atoms with Crippen LogP contribution in [0, 0.1) is 13.8 Å². The van der Waals surface area contributed by atoms with Gasteiger partial charge in [0.15, 0.2) is 6.61 Å². The second kappa shape index (κ2) is 7.49. The van der Waals surface area contributed by atoms with E-state index in [0.717, 1.165) is 5.39 Å². The van der Waals surface area contributed by atoms with E-state index >= 15 is 0 Å². The summed E-state index contributed by atoms with van der Waals surface area (Å²) < 4.78 is 15.7. The van der Waals surface area contributed by atoms with Crippen molar-refractivity contribution in [1.82, 2.24) is 4.98 Å². The first-order valence-electron chi connectivity index (χ1n) is 8.47. The molecule has 0 spiro atoms. The summed E-state index contributed by atoms with van der Waals surface area (Å²) in [6.07, 6.45) is 0. The average molecular weight is 369 g/mol. The van der Waals surface area contributed by atoms with Crippen LogP contribution in [0.3, 0.4) is 0 Å². The van der Waals surface area contributed by atoms with Gasteiger partial charge in [0.1, 0.15) is 11.3 Å². The third kappa shape index (κ3) is 3.76. The number of H-pyrrole nitrogens is 1. The predicted molar refractivity (Wildman–Crippen MR) is 98.5 cm³/mol. The van der Waals surface area contributed by atoms with Crippen molar-refractivity contribution >= 4 is 22.7 Å². The molecule has 0 saturated heterocycles. The molecule has 27 heavy (non-hydrogen) atoms. The summed E-state index contributed by atoms with van der Waals surface area (Å²) in [5, 5.41) is 0.745. The van der Waals surface area contributed by atoms with Crippen molar-refractivity contribution in [1.29, 1.82) is 0 Å². The Balaban J connectivity index is 1.82. The molecule has 2 aromatic heterocycles.